The molecule has 1 amide bonds. The number of benzene rings is 2. The van der Waals surface area contributed by atoms with Crippen LogP contribution in [0.1, 0.15) is 15.9 Å². The van der Waals surface area contributed by atoms with E-state index >= 15 is 0 Å². The number of hydrogen-bond donors (Lipinski definition) is 2. The maximum atomic E-state index is 13.8. The first-order valence-corrected chi connectivity index (χ1v) is 10.2. The summed E-state index contributed by atoms with van der Waals surface area (Å²) in [6.45, 7) is 0.652. The number of amides is 1. The first-order chi connectivity index (χ1) is 14.5. The fourth-order valence-electron chi connectivity index (χ4n) is 3.18. The van der Waals surface area contributed by atoms with E-state index in [-0.39, 0.29) is 6.61 Å². The van der Waals surface area contributed by atoms with Gasteiger partial charge in [0.1, 0.15) is 12.4 Å². The van der Waals surface area contributed by atoms with Crippen LogP contribution in [0, 0.1) is 5.82 Å². The summed E-state index contributed by atoms with van der Waals surface area (Å²) in [6.07, 6.45) is 1.55. The first kappa shape index (κ1) is 20.6. The average Bonchev–Trinajstić information content (AvgIpc) is 2.75. The molecule has 1 aliphatic rings. The van der Waals surface area contributed by atoms with Crippen LogP contribution in [0.2, 0.25) is 5.02 Å². The van der Waals surface area contributed by atoms with Crippen LogP contribution in [0.25, 0.3) is 0 Å². The van der Waals surface area contributed by atoms with Gasteiger partial charge in [0, 0.05) is 11.9 Å². The van der Waals surface area contributed by atoms with Gasteiger partial charge in [-0.2, -0.15) is 0 Å². The number of aliphatic hydroxyl groups excluding tert-OH is 1. The summed E-state index contributed by atoms with van der Waals surface area (Å²) in [7, 11) is 0. The standard InChI is InChI=1S/C21H16BrClFN3O3/c22-15-5-4-13(9-17(15)24)26-21(29)14-2-1-3-18-19(14)30-7-6-27(18)20-16(23)8-12(11-28)10-25-20/h1-5,8-10,28H,6-7,11H2,(H,26,29). The summed E-state index contributed by atoms with van der Waals surface area (Å²) in [6, 6.07) is 11.2. The van der Waals surface area contributed by atoms with Crippen molar-refractivity contribution < 1.29 is 19.0 Å². The molecule has 0 fully saturated rings. The molecule has 9 heteroatoms. The Kier molecular flexibility index (Phi) is 5.90. The minimum Gasteiger partial charge on any atom is -0.489 e. The van der Waals surface area contributed by atoms with Gasteiger partial charge >= 0.3 is 0 Å². The van der Waals surface area contributed by atoms with Crippen molar-refractivity contribution >= 4 is 50.6 Å². The lowest BCUT2D eigenvalue weighted by molar-refractivity contribution is 0.102. The van der Waals surface area contributed by atoms with E-state index in [0.29, 0.717) is 56.7 Å². The van der Waals surface area contributed by atoms with Crippen LogP contribution in [0.3, 0.4) is 0 Å². The molecule has 0 saturated carbocycles. The van der Waals surface area contributed by atoms with E-state index in [2.05, 4.69) is 26.2 Å². The molecule has 1 aromatic heterocycles. The van der Waals surface area contributed by atoms with Gasteiger partial charge in [-0.25, -0.2) is 9.37 Å². The van der Waals surface area contributed by atoms with E-state index in [9.17, 15) is 14.3 Å². The lowest BCUT2D eigenvalue weighted by Crippen LogP contribution is -2.31. The van der Waals surface area contributed by atoms with Crippen LogP contribution >= 0.6 is 27.5 Å². The van der Waals surface area contributed by atoms with E-state index in [1.165, 1.54) is 12.1 Å². The Morgan fingerprint density at radius 3 is 2.90 bits per heavy atom. The highest BCUT2D eigenvalue weighted by atomic mass is 79.9. The number of halogens is 3. The Morgan fingerprint density at radius 1 is 1.33 bits per heavy atom. The van der Waals surface area contributed by atoms with Crippen LogP contribution in [-0.2, 0) is 6.61 Å². The Bertz CT molecular complexity index is 1130. The second kappa shape index (κ2) is 8.59. The predicted octanol–water partition coefficient (Wildman–Crippen LogP) is 4.91. The summed E-state index contributed by atoms with van der Waals surface area (Å²) in [5.41, 5.74) is 1.88. The molecule has 2 heterocycles. The molecule has 4 rings (SSSR count). The molecule has 0 aliphatic carbocycles. The number of aromatic nitrogens is 1. The maximum absolute atomic E-state index is 13.8. The van der Waals surface area contributed by atoms with Crippen LogP contribution < -0.4 is 15.0 Å². The van der Waals surface area contributed by atoms with Crippen LogP contribution in [0.4, 0.5) is 21.6 Å². The summed E-state index contributed by atoms with van der Waals surface area (Å²) in [4.78, 5) is 19.1. The number of hydrogen-bond acceptors (Lipinski definition) is 5. The van der Waals surface area contributed by atoms with E-state index in [4.69, 9.17) is 16.3 Å². The van der Waals surface area contributed by atoms with Gasteiger partial charge in [-0.1, -0.05) is 17.7 Å². The number of nitrogens with zero attached hydrogens (tertiary/aromatic N) is 2. The number of carbonyl (C=O) groups is 1. The monoisotopic (exact) mass is 491 g/mol. The zero-order valence-electron chi connectivity index (χ0n) is 15.5. The van der Waals surface area contributed by atoms with Crippen LogP contribution in [0.15, 0.2) is 53.1 Å². The van der Waals surface area contributed by atoms with Crippen molar-refractivity contribution in [2.75, 3.05) is 23.4 Å². The third kappa shape index (κ3) is 3.98. The van der Waals surface area contributed by atoms with Crippen LogP contribution in [-0.4, -0.2) is 29.1 Å². The highest BCUT2D eigenvalue weighted by molar-refractivity contribution is 9.10. The molecule has 3 aromatic rings. The molecule has 0 bridgehead atoms. The third-order valence-corrected chi connectivity index (χ3v) is 5.51. The topological polar surface area (TPSA) is 74.7 Å². The summed E-state index contributed by atoms with van der Waals surface area (Å²) >= 11 is 9.46. The Morgan fingerprint density at radius 2 is 2.17 bits per heavy atom. The van der Waals surface area contributed by atoms with Crippen molar-refractivity contribution in [3.63, 3.8) is 0 Å². The van der Waals surface area contributed by atoms with Crippen molar-refractivity contribution in [3.05, 3.63) is 75.1 Å². The smallest absolute Gasteiger partial charge is 0.259 e. The van der Waals surface area contributed by atoms with Gasteiger partial charge in [-0.3, -0.25) is 4.79 Å². The van der Waals surface area contributed by atoms with Gasteiger partial charge in [0.05, 0.1) is 33.9 Å². The molecular weight excluding hydrogens is 477 g/mol. The van der Waals surface area contributed by atoms with Gasteiger partial charge in [0.25, 0.3) is 5.91 Å². The number of pyridine rings is 1. The number of ether oxygens (including phenoxy) is 1. The first-order valence-electron chi connectivity index (χ1n) is 9.03. The lowest BCUT2D eigenvalue weighted by atomic mass is 10.1. The molecule has 154 valence electrons. The van der Waals surface area contributed by atoms with Crippen molar-refractivity contribution in [1.29, 1.82) is 0 Å². The molecule has 0 saturated heterocycles. The highest BCUT2D eigenvalue weighted by Gasteiger charge is 2.27. The molecule has 0 radical (unpaired) electrons. The van der Waals surface area contributed by atoms with E-state index in [1.807, 2.05) is 11.0 Å². The number of anilines is 3. The zero-order valence-corrected chi connectivity index (χ0v) is 17.9. The SMILES string of the molecule is O=C(Nc1ccc(Br)c(F)c1)c1cccc2c1OCCN2c1ncc(CO)cc1Cl. The molecule has 0 unspecified atom stereocenters. The second-order valence-electron chi connectivity index (χ2n) is 6.54. The van der Waals surface area contributed by atoms with Crippen molar-refractivity contribution in [3.8, 4) is 5.75 Å². The summed E-state index contributed by atoms with van der Waals surface area (Å²) in [5, 5.41) is 12.3. The Labute approximate surface area is 185 Å². The number of carbonyl (C=O) groups excluding carboxylic acids is 1. The summed E-state index contributed by atoms with van der Waals surface area (Å²) in [5.74, 6) is -0.00337. The van der Waals surface area contributed by atoms with Gasteiger partial charge in [-0.15, -0.1) is 0 Å². The fourth-order valence-corrected chi connectivity index (χ4v) is 3.71. The Balaban J connectivity index is 1.67. The van der Waals surface area contributed by atoms with E-state index in [1.54, 1.807) is 30.5 Å². The number of rotatable bonds is 4. The highest BCUT2D eigenvalue weighted by Crippen LogP contribution is 2.40. The van der Waals surface area contributed by atoms with Gasteiger partial charge in [0.15, 0.2) is 11.6 Å². The number of nitrogens with one attached hydrogen (secondary N) is 1. The molecule has 6 nitrogen and oxygen atoms in total. The maximum Gasteiger partial charge on any atom is 0.259 e. The largest absolute Gasteiger partial charge is 0.489 e. The normalized spacial score (nSPS) is 12.9. The van der Waals surface area contributed by atoms with Gasteiger partial charge < -0.3 is 20.1 Å². The minimum absolute atomic E-state index is 0.159. The zero-order chi connectivity index (χ0) is 21.3. The second-order valence-corrected chi connectivity index (χ2v) is 7.81. The van der Waals surface area contributed by atoms with E-state index in [0.717, 1.165) is 0 Å². The molecule has 2 aromatic carbocycles. The van der Waals surface area contributed by atoms with Crippen molar-refractivity contribution in [2.24, 2.45) is 0 Å². The number of para-hydroxylation sites is 1. The quantitative estimate of drug-likeness (QED) is 0.541. The van der Waals surface area contributed by atoms with Gasteiger partial charge in [0.2, 0.25) is 0 Å². The van der Waals surface area contributed by atoms with Crippen molar-refractivity contribution in [2.45, 2.75) is 6.61 Å². The predicted molar refractivity (Wildman–Crippen MR) is 116 cm³/mol. The summed E-state index contributed by atoms with van der Waals surface area (Å²) < 4.78 is 19.9. The lowest BCUT2D eigenvalue weighted by Gasteiger charge is -2.32. The van der Waals surface area contributed by atoms with Crippen LogP contribution in [0.5, 0.6) is 5.75 Å². The van der Waals surface area contributed by atoms with Gasteiger partial charge in [-0.05, 0) is 57.9 Å². The number of fused-ring (bicyclic) bond motifs is 1. The minimum atomic E-state index is -0.475. The third-order valence-electron chi connectivity index (χ3n) is 4.59. The average molecular weight is 493 g/mol. The Hall–Kier alpha value is -2.68. The molecule has 1 aliphatic heterocycles. The molecule has 2 N–H and O–H groups in total. The van der Waals surface area contributed by atoms with E-state index < -0.39 is 11.7 Å². The molecule has 0 atom stereocenters. The van der Waals surface area contributed by atoms with Crippen molar-refractivity contribution in [1.82, 2.24) is 4.98 Å². The molecule has 30 heavy (non-hydrogen) atoms. The molecule has 0 spiro atoms. The molecular formula is C21H16BrClFN3O3. The fraction of sp³-hybridized carbons (Fsp3) is 0.143. The number of aliphatic hydroxyl groups is 1.